The molecule has 10 aliphatic rings. The number of aryl methyl sites for hydroxylation is 1. The molecule has 7 aliphatic heterocycles. The number of piperidine rings is 3. The molecule has 6 bridgehead atoms. The normalized spacial score (nSPS) is 25.7. The predicted molar refractivity (Wildman–Crippen MR) is 449 cm³/mol. The number of aliphatic carboxylic acids is 1. The van der Waals surface area contributed by atoms with Gasteiger partial charge in [-0.15, -0.1) is 0 Å². The molecule has 27 nitrogen and oxygen atoms in total. The smallest absolute Gasteiger partial charge is 0.411 e. The Bertz CT molecular complexity index is 4510. The standard InChI is InChI=1S/C23H31BrN2O5.C23H29BrN2O5.C18H23BrN2O3.C16H14N4O3.C4H8O.C2H6.CH4/c2*1-22(2,3)31-21(28)26-17-11-23(12-19(23)26)14-30-9-5-4-8-29-13-15-6-7-20(24)25-16(15)10-18(17)27;19-17-4-3-12-10-23-5-1-2-6-24-11-18-8-14(20-16(18)9-18)15(22)7-13(12)21-17;1-9(21)16-13-5-11(12-6-17-10(2)18-7-12)3-4-14(13)20(19-16)8-15(22)23;1-2-4-5-3-1;1-2;/h6-7,17,19H,4-5,8-14H2,1-3H3;4-7,17,19H,8-14H2,1-3H3;3-4,14,16,20H,1-2,5-11H2;3-7H,8H2,1-2H3,(H,22,23);1-4H2;1-2H3;1H4/t2*17-,19+,23-;14-,16+,18-;;;;/m000..../s1/i;;;;;1D;. The predicted octanol–water partition coefficient (Wildman–Crippen LogP) is 14.8. The quantitative estimate of drug-likeness (QED) is 0.0940. The number of carboxylic acid groups (broad SMARTS) is 1. The Labute approximate surface area is 713 Å². The number of carboxylic acids is 1. The number of aromatic nitrogens is 7. The molecule has 1 aromatic carbocycles. The summed E-state index contributed by atoms with van der Waals surface area (Å²) in [6.45, 7) is 25.2. The molecule has 16 rings (SSSR count). The van der Waals surface area contributed by atoms with Gasteiger partial charge in [-0.25, -0.2) is 34.5 Å². The van der Waals surface area contributed by atoms with Gasteiger partial charge in [0.05, 0.1) is 113 Å². The zero-order valence-electron chi connectivity index (χ0n) is 69.0. The van der Waals surface area contributed by atoms with Gasteiger partial charge >= 0.3 is 18.2 Å². The van der Waals surface area contributed by atoms with Gasteiger partial charge in [0.2, 0.25) is 0 Å². The lowest BCUT2D eigenvalue weighted by atomic mass is 9.95. The van der Waals surface area contributed by atoms with Crippen LogP contribution in [0.2, 0.25) is 0 Å². The Balaban J connectivity index is 0.000000161. The van der Waals surface area contributed by atoms with Gasteiger partial charge in [-0.05, 0) is 226 Å². The SMILES string of the molecule is C.C1CCOC1.CC(=O)c1nn(CC(=O)O)c2ccc(-c3cnc(C)nc3)cc12.CC(C)(C)OC(=O)N1[C@H]2C[C@@]3(COCC=CCOCc4ccc(Br)nc4CC2=O)C[C@@H]13.CC(C)(C)OC(=O)N1[C@H]2C[C@@]3(COCCCCOCc4ccc(Br)nc4CC2=O)C[C@@H]13.O=C1Cc2nc(Br)ccc2COCCCCOC[C@@]23C[C@@H]1N[C@@H]2C3.[2H]CC. The van der Waals surface area contributed by atoms with Gasteiger partial charge < -0.3 is 53.1 Å². The van der Waals surface area contributed by atoms with Crippen molar-refractivity contribution >= 4 is 100.0 Å². The Morgan fingerprint density at radius 3 is 1.47 bits per heavy atom. The minimum atomic E-state index is -1.01. The molecule has 3 aliphatic carbocycles. The molecule has 2 N–H and O–H groups in total. The molecule has 636 valence electrons. The van der Waals surface area contributed by atoms with E-state index in [9.17, 15) is 33.6 Å². The first-order chi connectivity index (χ1) is 55.9. The van der Waals surface area contributed by atoms with E-state index in [1.54, 1.807) is 42.1 Å². The molecule has 0 unspecified atom stereocenters. The molecule has 117 heavy (non-hydrogen) atoms. The summed E-state index contributed by atoms with van der Waals surface area (Å²) in [4.78, 5) is 114. The number of halogens is 3. The number of hydrogen-bond donors (Lipinski definition) is 2. The van der Waals surface area contributed by atoms with Crippen molar-refractivity contribution in [3.8, 4) is 11.1 Å². The number of amides is 2. The van der Waals surface area contributed by atoms with Crippen LogP contribution in [0.1, 0.15) is 198 Å². The van der Waals surface area contributed by atoms with Crippen LogP contribution in [0.4, 0.5) is 9.59 Å². The number of nitrogens with one attached hydrogen (secondary N) is 1. The highest BCUT2D eigenvalue weighted by atomic mass is 79.9. The van der Waals surface area contributed by atoms with Crippen LogP contribution in [0.5, 0.6) is 0 Å². The zero-order valence-corrected chi connectivity index (χ0v) is 72.8. The van der Waals surface area contributed by atoms with Gasteiger partial charge in [0.25, 0.3) is 0 Å². The van der Waals surface area contributed by atoms with Crippen molar-refractivity contribution in [3.05, 3.63) is 138 Å². The summed E-state index contributed by atoms with van der Waals surface area (Å²) in [6, 6.07) is 16.2. The summed E-state index contributed by atoms with van der Waals surface area (Å²) >= 11 is 10.2. The largest absolute Gasteiger partial charge is 0.480 e. The third-order valence-electron chi connectivity index (χ3n) is 22.0. The molecule has 30 heteroatoms. The van der Waals surface area contributed by atoms with Crippen LogP contribution in [-0.2, 0) is 107 Å². The first-order valence-corrected chi connectivity index (χ1v) is 42.6. The molecule has 3 spiro atoms. The van der Waals surface area contributed by atoms with E-state index < -0.39 is 41.4 Å². The minimum absolute atomic E-state index is 0. The highest BCUT2D eigenvalue weighted by Gasteiger charge is 2.69. The lowest BCUT2D eigenvalue weighted by Gasteiger charge is -2.30. The van der Waals surface area contributed by atoms with Gasteiger partial charge in [0, 0.05) is 106 Å². The van der Waals surface area contributed by atoms with Crippen molar-refractivity contribution in [2.45, 2.75) is 247 Å². The fourth-order valence-electron chi connectivity index (χ4n) is 15.9. The molecule has 3 saturated carbocycles. The maximum Gasteiger partial charge on any atom is 0.411 e. The Morgan fingerprint density at radius 1 is 0.573 bits per heavy atom. The highest BCUT2D eigenvalue weighted by molar-refractivity contribution is 9.11. The highest BCUT2D eigenvalue weighted by Crippen LogP contribution is 2.62. The summed E-state index contributed by atoms with van der Waals surface area (Å²) in [5.41, 5.74) is 6.17. The number of carbonyl (C=O) groups excluding carboxylic acids is 6. The average Bonchev–Trinajstić information content (AvgIpc) is 1.54. The maximum absolute atomic E-state index is 13.4. The van der Waals surface area contributed by atoms with E-state index in [0.717, 1.165) is 116 Å². The van der Waals surface area contributed by atoms with Crippen LogP contribution in [0.15, 0.2) is 93.0 Å². The fourth-order valence-corrected chi connectivity index (χ4v) is 16.9. The summed E-state index contributed by atoms with van der Waals surface area (Å²) < 4.78 is 60.9. The maximum atomic E-state index is 13.4. The number of carbonyl (C=O) groups is 7. The molecule has 2 amide bonds. The van der Waals surface area contributed by atoms with E-state index >= 15 is 0 Å². The minimum Gasteiger partial charge on any atom is -0.480 e. The van der Waals surface area contributed by atoms with Gasteiger partial charge in [-0.2, -0.15) is 5.10 Å². The molecule has 0 radical (unpaired) electrons. The monoisotopic (exact) mass is 1810 g/mol. The molecule has 7 fully saturated rings. The summed E-state index contributed by atoms with van der Waals surface area (Å²) in [7, 11) is 0. The average molecular weight is 1810 g/mol. The topological polar surface area (TPSA) is 324 Å². The number of likely N-dealkylation sites (tertiary alicyclic amines) is 2. The number of pyridine rings is 3. The van der Waals surface area contributed by atoms with Crippen molar-refractivity contribution in [3.63, 3.8) is 0 Å². The number of ether oxygens (including phenoxy) is 9. The number of benzene rings is 1. The molecular formula is C87H115Br3N10O17. The van der Waals surface area contributed by atoms with Gasteiger partial charge in [0.15, 0.2) is 23.1 Å². The Hall–Kier alpha value is -7.23. The van der Waals surface area contributed by atoms with Crippen LogP contribution in [0.25, 0.3) is 22.0 Å². The first-order valence-electron chi connectivity index (χ1n) is 40.9. The van der Waals surface area contributed by atoms with Crippen LogP contribution < -0.4 is 5.32 Å². The first kappa shape index (κ1) is 90.5. The third-order valence-corrected chi connectivity index (χ3v) is 23.3. The lowest BCUT2D eigenvalue weighted by molar-refractivity contribution is -0.137. The molecule has 4 saturated heterocycles. The number of ketones is 4. The number of nitrogens with zero attached hydrogens (tertiary/aromatic N) is 9. The van der Waals surface area contributed by atoms with Gasteiger partial charge in [-0.3, -0.25) is 38.5 Å². The Morgan fingerprint density at radius 2 is 1.01 bits per heavy atom. The van der Waals surface area contributed by atoms with E-state index in [2.05, 4.69) is 83.1 Å². The van der Waals surface area contributed by atoms with E-state index in [1.165, 1.54) is 24.4 Å². The molecule has 5 aromatic heterocycles. The lowest BCUT2D eigenvalue weighted by Crippen LogP contribution is -2.46. The Kier molecular flexibility index (Phi) is 32.0. The molecule has 12 heterocycles. The number of rotatable bonds is 4. The van der Waals surface area contributed by atoms with Crippen LogP contribution in [-0.4, -0.2) is 211 Å². The molecule has 6 aromatic rings. The molecule has 9 atom stereocenters. The summed E-state index contributed by atoms with van der Waals surface area (Å²) in [5.74, 6) is -0.370. The zero-order chi connectivity index (χ0) is 83.8. The van der Waals surface area contributed by atoms with Gasteiger partial charge in [0.1, 0.15) is 43.1 Å². The van der Waals surface area contributed by atoms with Crippen LogP contribution >= 0.6 is 47.8 Å². The van der Waals surface area contributed by atoms with Crippen LogP contribution in [0.3, 0.4) is 0 Å². The number of Topliss-reactive ketones (excluding diaryl/α,β-unsaturated/α-hetero) is 4. The van der Waals surface area contributed by atoms with E-state index in [-0.39, 0.29) is 90.0 Å². The van der Waals surface area contributed by atoms with E-state index in [1.807, 2.05) is 102 Å². The third kappa shape index (κ3) is 24.8. The second kappa shape index (κ2) is 41.4. The van der Waals surface area contributed by atoms with Crippen molar-refractivity contribution in [2.75, 3.05) is 72.7 Å². The van der Waals surface area contributed by atoms with E-state index in [4.69, 9.17) is 49.1 Å². The van der Waals surface area contributed by atoms with Crippen molar-refractivity contribution in [1.82, 2.24) is 49.8 Å². The van der Waals surface area contributed by atoms with Crippen molar-refractivity contribution < 1.29 is 82.7 Å². The fraction of sp³-hybridized carbons (Fsp3) is 0.598. The second-order valence-electron chi connectivity index (χ2n) is 33.2. The van der Waals surface area contributed by atoms with Crippen molar-refractivity contribution in [1.29, 1.82) is 0 Å². The van der Waals surface area contributed by atoms with Crippen molar-refractivity contribution in [2.24, 2.45) is 16.2 Å². The van der Waals surface area contributed by atoms with Crippen LogP contribution in [0, 0.1) is 23.2 Å². The second-order valence-corrected chi connectivity index (χ2v) is 35.7. The number of fused-ring (bicyclic) bond motifs is 7. The summed E-state index contributed by atoms with van der Waals surface area (Å²) in [6.07, 6.45) is 18.5. The van der Waals surface area contributed by atoms with Gasteiger partial charge in [-0.1, -0.05) is 57.7 Å². The number of hydrogen-bond acceptors (Lipinski definition) is 23. The molecular weight excluding hydrogens is 1700 g/mol. The van der Waals surface area contributed by atoms with E-state index in [0.29, 0.717) is 136 Å². The summed E-state index contributed by atoms with van der Waals surface area (Å²) in [5, 5.41) is 17.2.